The molecule has 2 rings (SSSR count). The number of para-hydroxylation sites is 1. The van der Waals surface area contributed by atoms with E-state index in [1.165, 1.54) is 11.4 Å². The zero-order chi connectivity index (χ0) is 17.2. The number of rotatable bonds is 4. The molecule has 1 aromatic rings. The Labute approximate surface area is 138 Å². The van der Waals surface area contributed by atoms with Gasteiger partial charge in [-0.3, -0.25) is 4.79 Å². The number of likely N-dealkylation sites (N-methyl/N-ethyl adjacent to an activating group) is 1. The van der Waals surface area contributed by atoms with Crippen molar-refractivity contribution in [2.24, 2.45) is 5.92 Å². The largest absolute Gasteiger partial charge is 0.469 e. The van der Waals surface area contributed by atoms with Crippen LogP contribution in [0.25, 0.3) is 0 Å². The van der Waals surface area contributed by atoms with Crippen LogP contribution < -0.4 is 4.90 Å². The molecule has 2 atom stereocenters. The number of ether oxygens (including phenoxy) is 1. The fourth-order valence-corrected chi connectivity index (χ4v) is 4.89. The Bertz CT molecular complexity index is 674. The molecule has 6 nitrogen and oxygen atoms in total. The Kier molecular flexibility index (Phi) is 5.31. The lowest BCUT2D eigenvalue weighted by Crippen LogP contribution is -2.44. The Morgan fingerprint density at radius 3 is 2.70 bits per heavy atom. The van der Waals surface area contributed by atoms with E-state index in [-0.39, 0.29) is 11.8 Å². The van der Waals surface area contributed by atoms with Gasteiger partial charge in [-0.05, 0) is 18.6 Å². The average molecular weight is 340 g/mol. The summed E-state index contributed by atoms with van der Waals surface area (Å²) in [6.07, 6.45) is 0. The quantitative estimate of drug-likeness (QED) is 0.777. The lowest BCUT2D eigenvalue weighted by molar-refractivity contribution is -0.144. The monoisotopic (exact) mass is 340 g/mol. The van der Waals surface area contributed by atoms with E-state index in [0.29, 0.717) is 13.1 Å². The summed E-state index contributed by atoms with van der Waals surface area (Å²) in [6.45, 7) is 4.38. The summed E-state index contributed by atoms with van der Waals surface area (Å²) in [4.78, 5) is 13.6. The van der Waals surface area contributed by atoms with Gasteiger partial charge in [0.1, 0.15) is 0 Å². The standard InChI is InChI=1S/C16H24N2O4S/c1-12(16(19)22-4)11-23(20,21)18-10-14-7-5-6-8-15(14)17(3)9-13(18)2/h5-8,12-13H,9-11H2,1-4H3/t12-,13+/m1/s1. The number of hydrogen-bond acceptors (Lipinski definition) is 5. The lowest BCUT2D eigenvalue weighted by Gasteiger charge is -2.28. The van der Waals surface area contributed by atoms with Gasteiger partial charge in [0.2, 0.25) is 10.0 Å². The molecule has 0 bridgehead atoms. The highest BCUT2D eigenvalue weighted by molar-refractivity contribution is 7.89. The van der Waals surface area contributed by atoms with Gasteiger partial charge in [-0.1, -0.05) is 25.1 Å². The topological polar surface area (TPSA) is 66.9 Å². The molecular formula is C16H24N2O4S. The van der Waals surface area contributed by atoms with E-state index >= 15 is 0 Å². The number of methoxy groups -OCH3 is 1. The molecule has 0 radical (unpaired) electrons. The molecule has 0 amide bonds. The van der Waals surface area contributed by atoms with E-state index in [9.17, 15) is 13.2 Å². The van der Waals surface area contributed by atoms with Crippen molar-refractivity contribution in [3.05, 3.63) is 29.8 Å². The van der Waals surface area contributed by atoms with Crippen LogP contribution in [0.2, 0.25) is 0 Å². The summed E-state index contributed by atoms with van der Waals surface area (Å²) in [7, 11) is -0.341. The minimum Gasteiger partial charge on any atom is -0.469 e. The van der Waals surface area contributed by atoms with E-state index in [1.54, 1.807) is 6.92 Å². The third kappa shape index (κ3) is 3.84. The lowest BCUT2D eigenvalue weighted by atomic mass is 10.1. The maximum absolute atomic E-state index is 12.8. The number of anilines is 1. The summed E-state index contributed by atoms with van der Waals surface area (Å²) in [5.74, 6) is -1.43. The molecule has 23 heavy (non-hydrogen) atoms. The summed E-state index contributed by atoms with van der Waals surface area (Å²) in [5, 5.41) is 0. The molecule has 1 aliphatic rings. The zero-order valence-electron chi connectivity index (χ0n) is 14.0. The summed E-state index contributed by atoms with van der Waals surface area (Å²) < 4.78 is 31.7. The average Bonchev–Trinajstić information content (AvgIpc) is 2.63. The van der Waals surface area contributed by atoms with Crippen LogP contribution >= 0.6 is 0 Å². The van der Waals surface area contributed by atoms with Crippen molar-refractivity contribution in [2.45, 2.75) is 26.4 Å². The Morgan fingerprint density at radius 1 is 1.39 bits per heavy atom. The van der Waals surface area contributed by atoms with Crippen molar-refractivity contribution < 1.29 is 17.9 Å². The number of hydrogen-bond donors (Lipinski definition) is 0. The minimum absolute atomic E-state index is 0.178. The normalized spacial score (nSPS) is 20.5. The van der Waals surface area contributed by atoms with Crippen LogP contribution in [-0.4, -0.2) is 51.2 Å². The maximum atomic E-state index is 12.8. The van der Waals surface area contributed by atoms with Crippen LogP contribution in [0.15, 0.2) is 24.3 Å². The molecule has 1 aliphatic heterocycles. The third-order valence-electron chi connectivity index (χ3n) is 4.18. The van der Waals surface area contributed by atoms with E-state index in [0.717, 1.165) is 11.3 Å². The first-order valence-electron chi connectivity index (χ1n) is 7.62. The molecule has 0 saturated heterocycles. The van der Waals surface area contributed by atoms with Crippen LogP contribution in [0.4, 0.5) is 5.69 Å². The van der Waals surface area contributed by atoms with Crippen molar-refractivity contribution in [2.75, 3.05) is 31.4 Å². The van der Waals surface area contributed by atoms with E-state index in [2.05, 4.69) is 9.64 Å². The third-order valence-corrected chi connectivity index (χ3v) is 6.31. The number of carbonyl (C=O) groups excluding carboxylic acids is 1. The van der Waals surface area contributed by atoms with Crippen molar-refractivity contribution in [1.29, 1.82) is 0 Å². The van der Waals surface area contributed by atoms with E-state index in [1.807, 2.05) is 38.2 Å². The Hall–Kier alpha value is -1.60. The molecule has 0 fully saturated rings. The summed E-state index contributed by atoms with van der Waals surface area (Å²) >= 11 is 0. The van der Waals surface area contributed by atoms with Gasteiger partial charge in [-0.15, -0.1) is 0 Å². The predicted molar refractivity (Wildman–Crippen MR) is 89.7 cm³/mol. The minimum atomic E-state index is -3.57. The molecule has 0 N–H and O–H groups in total. The van der Waals surface area contributed by atoms with Gasteiger partial charge in [0.05, 0.1) is 18.8 Å². The highest BCUT2D eigenvalue weighted by Crippen LogP contribution is 2.28. The van der Waals surface area contributed by atoms with Crippen molar-refractivity contribution in [1.82, 2.24) is 4.31 Å². The predicted octanol–water partition coefficient (Wildman–Crippen LogP) is 1.47. The molecule has 0 unspecified atom stereocenters. The second-order valence-electron chi connectivity index (χ2n) is 6.11. The smallest absolute Gasteiger partial charge is 0.309 e. The molecule has 0 spiro atoms. The number of nitrogens with zero attached hydrogens (tertiary/aromatic N) is 2. The van der Waals surface area contributed by atoms with Gasteiger partial charge >= 0.3 is 5.97 Å². The number of carbonyl (C=O) groups is 1. The van der Waals surface area contributed by atoms with Gasteiger partial charge in [0, 0.05) is 31.9 Å². The van der Waals surface area contributed by atoms with Gasteiger partial charge in [-0.25, -0.2) is 8.42 Å². The van der Waals surface area contributed by atoms with Crippen LogP contribution in [0.5, 0.6) is 0 Å². The SMILES string of the molecule is COC(=O)[C@H](C)CS(=O)(=O)N1Cc2ccccc2N(C)C[C@@H]1C. The van der Waals surface area contributed by atoms with Gasteiger partial charge < -0.3 is 9.64 Å². The molecular weight excluding hydrogens is 316 g/mol. The number of esters is 1. The van der Waals surface area contributed by atoms with Crippen molar-refractivity contribution in [3.63, 3.8) is 0 Å². The van der Waals surface area contributed by atoms with Crippen LogP contribution in [0.1, 0.15) is 19.4 Å². The zero-order valence-corrected chi connectivity index (χ0v) is 14.8. The number of fused-ring (bicyclic) bond motifs is 1. The maximum Gasteiger partial charge on any atom is 0.309 e. The van der Waals surface area contributed by atoms with Crippen LogP contribution in [0, 0.1) is 5.92 Å². The molecule has 1 aromatic carbocycles. The molecule has 1 heterocycles. The van der Waals surface area contributed by atoms with Crippen LogP contribution in [0.3, 0.4) is 0 Å². The van der Waals surface area contributed by atoms with E-state index < -0.39 is 21.9 Å². The first kappa shape index (κ1) is 17.7. The Morgan fingerprint density at radius 2 is 2.04 bits per heavy atom. The van der Waals surface area contributed by atoms with Crippen molar-refractivity contribution >= 4 is 21.7 Å². The van der Waals surface area contributed by atoms with Gasteiger partial charge in [0.15, 0.2) is 0 Å². The van der Waals surface area contributed by atoms with E-state index in [4.69, 9.17) is 0 Å². The van der Waals surface area contributed by atoms with Gasteiger partial charge in [-0.2, -0.15) is 4.31 Å². The second kappa shape index (κ2) is 6.88. The number of benzene rings is 1. The van der Waals surface area contributed by atoms with Crippen LogP contribution in [-0.2, 0) is 26.1 Å². The fraction of sp³-hybridized carbons (Fsp3) is 0.562. The molecule has 0 aromatic heterocycles. The summed E-state index contributed by atoms with van der Waals surface area (Å²) in [6, 6.07) is 7.61. The molecule has 0 saturated carbocycles. The highest BCUT2D eigenvalue weighted by atomic mass is 32.2. The Balaban J connectivity index is 2.29. The second-order valence-corrected chi connectivity index (χ2v) is 8.07. The highest BCUT2D eigenvalue weighted by Gasteiger charge is 2.34. The summed E-state index contributed by atoms with van der Waals surface area (Å²) in [5.41, 5.74) is 2.01. The first-order valence-corrected chi connectivity index (χ1v) is 9.23. The van der Waals surface area contributed by atoms with Crippen molar-refractivity contribution in [3.8, 4) is 0 Å². The molecule has 7 heteroatoms. The number of sulfonamides is 1. The molecule has 128 valence electrons. The van der Waals surface area contributed by atoms with Gasteiger partial charge in [0.25, 0.3) is 0 Å². The molecule has 0 aliphatic carbocycles. The first-order chi connectivity index (χ1) is 10.8. The fourth-order valence-electron chi connectivity index (χ4n) is 2.98.